The van der Waals surface area contributed by atoms with E-state index in [1.807, 2.05) is 30.5 Å². The molecule has 18 heavy (non-hydrogen) atoms. The van der Waals surface area contributed by atoms with E-state index in [1.165, 1.54) is 0 Å². The summed E-state index contributed by atoms with van der Waals surface area (Å²) in [6.07, 6.45) is 1.95. The highest BCUT2D eigenvalue weighted by Gasteiger charge is 2.11. The molecule has 0 aliphatic heterocycles. The predicted molar refractivity (Wildman–Crippen MR) is 81.5 cm³/mol. The Morgan fingerprint density at radius 2 is 1.83 bits per heavy atom. The first-order valence-corrected chi connectivity index (χ1v) is 6.93. The molecule has 0 unspecified atom stereocenters. The molecule has 3 rings (SSSR count). The van der Waals surface area contributed by atoms with Crippen LogP contribution >= 0.6 is 39.1 Å². The van der Waals surface area contributed by atoms with Crippen LogP contribution in [0.2, 0.25) is 10.0 Å². The molecule has 0 saturated carbocycles. The van der Waals surface area contributed by atoms with E-state index in [0.29, 0.717) is 10.0 Å². The van der Waals surface area contributed by atoms with Gasteiger partial charge in [0.1, 0.15) is 0 Å². The van der Waals surface area contributed by atoms with Crippen molar-refractivity contribution >= 4 is 50.0 Å². The van der Waals surface area contributed by atoms with E-state index in [2.05, 4.69) is 27.0 Å². The SMILES string of the molecule is Clc1cccc(-c2c[nH]c3ccc(Br)cc23)c1Cl. The summed E-state index contributed by atoms with van der Waals surface area (Å²) >= 11 is 15.8. The highest BCUT2D eigenvalue weighted by molar-refractivity contribution is 9.10. The molecule has 90 valence electrons. The molecule has 1 N–H and O–H groups in total. The van der Waals surface area contributed by atoms with Crippen molar-refractivity contribution in [2.45, 2.75) is 0 Å². The Labute approximate surface area is 123 Å². The Morgan fingerprint density at radius 3 is 2.67 bits per heavy atom. The molecule has 0 amide bonds. The summed E-state index contributed by atoms with van der Waals surface area (Å²) in [5, 5.41) is 2.27. The smallest absolute Gasteiger partial charge is 0.0671 e. The zero-order valence-electron chi connectivity index (χ0n) is 9.18. The van der Waals surface area contributed by atoms with Gasteiger partial charge in [-0.2, -0.15) is 0 Å². The van der Waals surface area contributed by atoms with Crippen molar-refractivity contribution in [3.05, 3.63) is 57.1 Å². The number of rotatable bonds is 1. The maximum Gasteiger partial charge on any atom is 0.0671 e. The Morgan fingerprint density at radius 1 is 1.00 bits per heavy atom. The lowest BCUT2D eigenvalue weighted by Crippen LogP contribution is -1.79. The fraction of sp³-hybridized carbons (Fsp3) is 0. The number of nitrogens with one attached hydrogen (secondary N) is 1. The summed E-state index contributed by atoms with van der Waals surface area (Å²) in [4.78, 5) is 3.24. The van der Waals surface area contributed by atoms with Gasteiger partial charge >= 0.3 is 0 Å². The van der Waals surface area contributed by atoms with Gasteiger partial charge in [0, 0.05) is 32.7 Å². The molecule has 0 radical (unpaired) electrons. The minimum Gasteiger partial charge on any atom is -0.361 e. The van der Waals surface area contributed by atoms with E-state index in [0.717, 1.165) is 26.5 Å². The zero-order valence-corrected chi connectivity index (χ0v) is 12.3. The molecule has 0 aliphatic rings. The van der Waals surface area contributed by atoms with Crippen LogP contribution in [0, 0.1) is 0 Å². The normalized spacial score (nSPS) is 11.1. The van der Waals surface area contributed by atoms with E-state index in [-0.39, 0.29) is 0 Å². The first-order valence-electron chi connectivity index (χ1n) is 5.38. The van der Waals surface area contributed by atoms with Gasteiger partial charge in [0.15, 0.2) is 0 Å². The van der Waals surface area contributed by atoms with Crippen LogP contribution in [-0.2, 0) is 0 Å². The molecule has 0 bridgehead atoms. The fourth-order valence-electron chi connectivity index (χ4n) is 2.03. The summed E-state index contributed by atoms with van der Waals surface area (Å²) in [6.45, 7) is 0. The molecular weight excluding hydrogens is 333 g/mol. The van der Waals surface area contributed by atoms with Gasteiger partial charge < -0.3 is 4.98 Å². The number of halogens is 3. The monoisotopic (exact) mass is 339 g/mol. The van der Waals surface area contributed by atoms with Crippen molar-refractivity contribution < 1.29 is 0 Å². The molecule has 0 fully saturated rings. The van der Waals surface area contributed by atoms with Crippen molar-refractivity contribution in [2.24, 2.45) is 0 Å². The highest BCUT2D eigenvalue weighted by atomic mass is 79.9. The van der Waals surface area contributed by atoms with Gasteiger partial charge in [-0.15, -0.1) is 0 Å². The van der Waals surface area contributed by atoms with Crippen molar-refractivity contribution in [1.82, 2.24) is 4.98 Å². The van der Waals surface area contributed by atoms with Crippen LogP contribution in [0.15, 0.2) is 47.1 Å². The molecule has 0 saturated heterocycles. The molecular formula is C14H8BrCl2N. The standard InChI is InChI=1S/C14H8BrCl2N/c15-8-4-5-13-10(6-8)11(7-18-13)9-2-1-3-12(16)14(9)17/h1-7,18H. The largest absolute Gasteiger partial charge is 0.361 e. The molecule has 0 atom stereocenters. The Kier molecular flexibility index (Phi) is 3.10. The molecule has 1 nitrogen and oxygen atoms in total. The van der Waals surface area contributed by atoms with Crippen molar-refractivity contribution in [1.29, 1.82) is 0 Å². The van der Waals surface area contributed by atoms with E-state index in [4.69, 9.17) is 23.2 Å². The van der Waals surface area contributed by atoms with Crippen LogP contribution in [0.5, 0.6) is 0 Å². The highest BCUT2D eigenvalue weighted by Crippen LogP contribution is 2.37. The molecule has 4 heteroatoms. The summed E-state index contributed by atoms with van der Waals surface area (Å²) in [7, 11) is 0. The van der Waals surface area contributed by atoms with Gasteiger partial charge in [-0.3, -0.25) is 0 Å². The van der Waals surface area contributed by atoms with Gasteiger partial charge in [0.05, 0.1) is 10.0 Å². The third-order valence-corrected chi connectivity index (χ3v) is 4.20. The van der Waals surface area contributed by atoms with Crippen molar-refractivity contribution in [3.63, 3.8) is 0 Å². The average Bonchev–Trinajstić information content (AvgIpc) is 2.75. The summed E-state index contributed by atoms with van der Waals surface area (Å²) in [5.41, 5.74) is 3.07. The second-order valence-corrected chi connectivity index (χ2v) is 5.69. The average molecular weight is 341 g/mol. The van der Waals surface area contributed by atoms with Gasteiger partial charge in [-0.25, -0.2) is 0 Å². The third kappa shape index (κ3) is 1.95. The van der Waals surface area contributed by atoms with Crippen LogP contribution in [0.3, 0.4) is 0 Å². The Bertz CT molecular complexity index is 734. The first-order chi connectivity index (χ1) is 8.66. The predicted octanol–water partition coefficient (Wildman–Crippen LogP) is 5.90. The van der Waals surface area contributed by atoms with Crippen LogP contribution in [0.25, 0.3) is 22.0 Å². The summed E-state index contributed by atoms with van der Waals surface area (Å²) in [6, 6.07) is 11.8. The molecule has 1 heterocycles. The topological polar surface area (TPSA) is 15.8 Å². The van der Waals surface area contributed by atoms with Gasteiger partial charge in [-0.05, 0) is 24.3 Å². The zero-order chi connectivity index (χ0) is 12.7. The molecule has 0 aliphatic carbocycles. The summed E-state index contributed by atoms with van der Waals surface area (Å²) < 4.78 is 1.04. The lowest BCUT2D eigenvalue weighted by molar-refractivity contribution is 1.47. The fourth-order valence-corrected chi connectivity index (χ4v) is 2.79. The Balaban J connectivity index is 2.32. The van der Waals surface area contributed by atoms with Gasteiger partial charge in [0.25, 0.3) is 0 Å². The third-order valence-electron chi connectivity index (χ3n) is 2.89. The number of hydrogen-bond donors (Lipinski definition) is 1. The Hall–Kier alpha value is -0.960. The molecule has 1 aromatic heterocycles. The van der Waals surface area contributed by atoms with E-state index >= 15 is 0 Å². The maximum atomic E-state index is 6.27. The molecule has 0 spiro atoms. The van der Waals surface area contributed by atoms with Crippen LogP contribution in [-0.4, -0.2) is 4.98 Å². The number of hydrogen-bond acceptors (Lipinski definition) is 0. The van der Waals surface area contributed by atoms with Crippen LogP contribution in [0.4, 0.5) is 0 Å². The van der Waals surface area contributed by atoms with Crippen LogP contribution < -0.4 is 0 Å². The maximum absolute atomic E-state index is 6.27. The van der Waals surface area contributed by atoms with E-state index < -0.39 is 0 Å². The summed E-state index contributed by atoms with van der Waals surface area (Å²) in [5.74, 6) is 0. The van der Waals surface area contributed by atoms with Gasteiger partial charge in [0.2, 0.25) is 0 Å². The van der Waals surface area contributed by atoms with Crippen molar-refractivity contribution in [2.75, 3.05) is 0 Å². The minimum absolute atomic E-state index is 0.568. The minimum atomic E-state index is 0.568. The number of aromatic nitrogens is 1. The second kappa shape index (κ2) is 4.61. The quantitative estimate of drug-likeness (QED) is 0.567. The van der Waals surface area contributed by atoms with E-state index in [9.17, 15) is 0 Å². The van der Waals surface area contributed by atoms with Crippen LogP contribution in [0.1, 0.15) is 0 Å². The lowest BCUT2D eigenvalue weighted by atomic mass is 10.0. The van der Waals surface area contributed by atoms with E-state index in [1.54, 1.807) is 6.07 Å². The number of benzene rings is 2. The van der Waals surface area contributed by atoms with Gasteiger partial charge in [-0.1, -0.05) is 51.3 Å². The first kappa shape index (κ1) is 12.1. The number of H-pyrrole nitrogens is 1. The molecule has 3 aromatic rings. The number of aromatic amines is 1. The molecule has 2 aromatic carbocycles. The lowest BCUT2D eigenvalue weighted by Gasteiger charge is -2.04. The number of fused-ring (bicyclic) bond motifs is 1. The second-order valence-electron chi connectivity index (χ2n) is 3.99. The van der Waals surface area contributed by atoms with Crippen molar-refractivity contribution in [3.8, 4) is 11.1 Å².